The molecule has 0 unspecified atom stereocenters. The van der Waals surface area contributed by atoms with E-state index in [1.165, 1.54) is 0 Å². The number of nitrogens with one attached hydrogen (secondary N) is 2. The molecule has 154 valence electrons. The summed E-state index contributed by atoms with van der Waals surface area (Å²) in [6.07, 6.45) is 0.913. The molecule has 0 spiro atoms. The van der Waals surface area contributed by atoms with Crippen molar-refractivity contribution in [1.82, 2.24) is 0 Å². The molecule has 0 saturated heterocycles. The van der Waals surface area contributed by atoms with Crippen molar-refractivity contribution in [2.24, 2.45) is 0 Å². The van der Waals surface area contributed by atoms with Gasteiger partial charge < -0.3 is 15.4 Å². The minimum atomic E-state index is -0.228. The van der Waals surface area contributed by atoms with Crippen molar-refractivity contribution in [2.75, 3.05) is 17.2 Å². The highest BCUT2D eigenvalue weighted by Crippen LogP contribution is 2.26. The Morgan fingerprint density at radius 3 is 2.00 bits per heavy atom. The number of halogens is 1. The van der Waals surface area contributed by atoms with Crippen LogP contribution in [0.25, 0.3) is 0 Å². The average Bonchev–Trinajstić information content (AvgIpc) is 2.74. The summed E-state index contributed by atoms with van der Waals surface area (Å²) in [6, 6.07) is 19.6. The number of aryl methyl sites for hydroxylation is 1. The minimum absolute atomic E-state index is 0.175. The third-order valence-corrected chi connectivity index (χ3v) is 4.96. The molecule has 0 aliphatic rings. The van der Waals surface area contributed by atoms with Gasteiger partial charge in [0.15, 0.2) is 0 Å². The van der Waals surface area contributed by atoms with Gasteiger partial charge in [0, 0.05) is 22.5 Å². The lowest BCUT2D eigenvalue weighted by Crippen LogP contribution is -2.13. The molecule has 3 rings (SSSR count). The quantitative estimate of drug-likeness (QED) is 0.445. The fourth-order valence-electron chi connectivity index (χ4n) is 2.80. The van der Waals surface area contributed by atoms with Gasteiger partial charge in [0.2, 0.25) is 0 Å². The second kappa shape index (κ2) is 10.1. The van der Waals surface area contributed by atoms with Crippen molar-refractivity contribution in [1.29, 1.82) is 0 Å². The summed E-state index contributed by atoms with van der Waals surface area (Å²) >= 11 is 3.44. The summed E-state index contributed by atoms with van der Waals surface area (Å²) in [5.74, 6) is 0.308. The number of amides is 2. The number of hydrogen-bond acceptors (Lipinski definition) is 3. The zero-order chi connectivity index (χ0) is 21.5. The third-order valence-electron chi connectivity index (χ3n) is 4.34. The van der Waals surface area contributed by atoms with Crippen LogP contribution in [-0.2, 0) is 0 Å². The number of carbonyl (C=O) groups excluding carboxylic acids is 2. The summed E-state index contributed by atoms with van der Waals surface area (Å²) in [5.41, 5.74) is 3.43. The van der Waals surface area contributed by atoms with Crippen LogP contribution in [0, 0.1) is 6.92 Å². The highest BCUT2D eigenvalue weighted by molar-refractivity contribution is 9.10. The smallest absolute Gasteiger partial charge is 0.255 e. The van der Waals surface area contributed by atoms with Crippen LogP contribution in [0.5, 0.6) is 5.75 Å². The van der Waals surface area contributed by atoms with Crippen molar-refractivity contribution in [3.63, 3.8) is 0 Å². The lowest BCUT2D eigenvalue weighted by Gasteiger charge is -2.10. The molecular weight excluding hydrogens is 444 g/mol. The molecule has 30 heavy (non-hydrogen) atoms. The number of benzene rings is 3. The molecule has 0 aliphatic carbocycles. The van der Waals surface area contributed by atoms with E-state index in [-0.39, 0.29) is 11.8 Å². The zero-order valence-corrected chi connectivity index (χ0v) is 18.5. The predicted molar refractivity (Wildman–Crippen MR) is 123 cm³/mol. The molecule has 2 amide bonds. The van der Waals surface area contributed by atoms with Gasteiger partial charge in [-0.3, -0.25) is 9.59 Å². The van der Waals surface area contributed by atoms with E-state index < -0.39 is 0 Å². The molecule has 0 fully saturated rings. The summed E-state index contributed by atoms with van der Waals surface area (Å²) in [4.78, 5) is 24.9. The van der Waals surface area contributed by atoms with Gasteiger partial charge in [0.25, 0.3) is 11.8 Å². The van der Waals surface area contributed by atoms with Gasteiger partial charge in [-0.05, 0) is 83.9 Å². The summed E-state index contributed by atoms with van der Waals surface area (Å²) in [5, 5.41) is 5.71. The van der Waals surface area contributed by atoms with Crippen LogP contribution in [0.2, 0.25) is 0 Å². The second-order valence-electron chi connectivity index (χ2n) is 6.85. The number of hydrogen-bond donors (Lipinski definition) is 2. The molecule has 3 aromatic carbocycles. The Balaban J connectivity index is 1.62. The van der Waals surface area contributed by atoms with Crippen molar-refractivity contribution in [2.45, 2.75) is 20.3 Å². The Morgan fingerprint density at radius 1 is 0.867 bits per heavy atom. The van der Waals surface area contributed by atoms with Crippen molar-refractivity contribution in [3.05, 3.63) is 87.9 Å². The maximum absolute atomic E-state index is 12.5. The molecule has 0 aromatic heterocycles. The molecule has 0 bridgehead atoms. The standard InChI is InChI=1S/C24H23BrN2O3/c1-3-13-30-22-12-7-18(15-21(22)25)24(29)27-20-10-8-19(9-11-20)26-23(28)17-6-4-5-16(2)14-17/h4-12,14-15H,3,13H2,1-2H3,(H,26,28)(H,27,29). The largest absolute Gasteiger partial charge is 0.492 e. The number of ether oxygens (including phenoxy) is 1. The van der Waals surface area contributed by atoms with Gasteiger partial charge >= 0.3 is 0 Å². The van der Waals surface area contributed by atoms with E-state index in [1.54, 1.807) is 48.5 Å². The third kappa shape index (κ3) is 5.70. The van der Waals surface area contributed by atoms with Crippen LogP contribution in [0.1, 0.15) is 39.6 Å². The topological polar surface area (TPSA) is 67.4 Å². The van der Waals surface area contributed by atoms with Gasteiger partial charge in [0.1, 0.15) is 5.75 Å². The maximum atomic E-state index is 12.5. The van der Waals surface area contributed by atoms with Gasteiger partial charge in [-0.2, -0.15) is 0 Å². The van der Waals surface area contributed by atoms with Crippen molar-refractivity contribution in [3.8, 4) is 5.75 Å². The lowest BCUT2D eigenvalue weighted by atomic mass is 10.1. The first-order chi connectivity index (χ1) is 14.5. The fourth-order valence-corrected chi connectivity index (χ4v) is 3.29. The molecule has 2 N–H and O–H groups in total. The summed E-state index contributed by atoms with van der Waals surface area (Å²) < 4.78 is 6.34. The van der Waals surface area contributed by atoms with Gasteiger partial charge in [-0.25, -0.2) is 0 Å². The van der Waals surface area contributed by atoms with E-state index in [1.807, 2.05) is 32.0 Å². The first-order valence-electron chi connectivity index (χ1n) is 9.68. The van der Waals surface area contributed by atoms with E-state index >= 15 is 0 Å². The fraction of sp³-hybridized carbons (Fsp3) is 0.167. The number of anilines is 2. The Labute approximate surface area is 184 Å². The predicted octanol–water partition coefficient (Wildman–Crippen LogP) is 6.05. The highest BCUT2D eigenvalue weighted by atomic mass is 79.9. The molecule has 3 aromatic rings. The lowest BCUT2D eigenvalue weighted by molar-refractivity contribution is 0.101. The molecule has 0 aliphatic heterocycles. The van der Waals surface area contributed by atoms with Crippen molar-refractivity contribution >= 4 is 39.1 Å². The normalized spacial score (nSPS) is 10.4. The van der Waals surface area contributed by atoms with Gasteiger partial charge in [-0.1, -0.05) is 24.6 Å². The van der Waals surface area contributed by atoms with Crippen LogP contribution in [-0.4, -0.2) is 18.4 Å². The molecule has 6 heteroatoms. The molecule has 0 radical (unpaired) electrons. The minimum Gasteiger partial charge on any atom is -0.492 e. The van der Waals surface area contributed by atoms with Gasteiger partial charge in [-0.15, -0.1) is 0 Å². The van der Waals surface area contributed by atoms with E-state index in [2.05, 4.69) is 26.6 Å². The maximum Gasteiger partial charge on any atom is 0.255 e. The van der Waals surface area contributed by atoms with E-state index in [0.29, 0.717) is 34.9 Å². The van der Waals surface area contributed by atoms with E-state index in [0.717, 1.165) is 16.5 Å². The molecule has 0 heterocycles. The zero-order valence-electron chi connectivity index (χ0n) is 16.9. The molecular formula is C24H23BrN2O3. The Hall–Kier alpha value is -3.12. The highest BCUT2D eigenvalue weighted by Gasteiger charge is 2.10. The SMILES string of the molecule is CCCOc1ccc(C(=O)Nc2ccc(NC(=O)c3cccc(C)c3)cc2)cc1Br. The van der Waals surface area contributed by atoms with Gasteiger partial charge in [0.05, 0.1) is 11.1 Å². The monoisotopic (exact) mass is 466 g/mol. The van der Waals surface area contributed by atoms with E-state index in [9.17, 15) is 9.59 Å². The Bertz CT molecular complexity index is 1050. The second-order valence-corrected chi connectivity index (χ2v) is 7.70. The van der Waals surface area contributed by atoms with Crippen molar-refractivity contribution < 1.29 is 14.3 Å². The Kier molecular flexibility index (Phi) is 7.25. The summed E-state index contributed by atoms with van der Waals surface area (Å²) in [7, 11) is 0. The molecule has 0 saturated carbocycles. The number of carbonyl (C=O) groups is 2. The van der Waals surface area contributed by atoms with Crippen LogP contribution in [0.15, 0.2) is 71.2 Å². The van der Waals surface area contributed by atoms with Crippen LogP contribution >= 0.6 is 15.9 Å². The molecule has 0 atom stereocenters. The van der Waals surface area contributed by atoms with Crippen LogP contribution < -0.4 is 15.4 Å². The summed E-state index contributed by atoms with van der Waals surface area (Å²) in [6.45, 7) is 4.60. The first kappa shape index (κ1) is 21.6. The van der Waals surface area contributed by atoms with Crippen LogP contribution in [0.3, 0.4) is 0 Å². The van der Waals surface area contributed by atoms with Crippen LogP contribution in [0.4, 0.5) is 11.4 Å². The molecule has 5 nitrogen and oxygen atoms in total. The Morgan fingerprint density at radius 2 is 1.47 bits per heavy atom. The first-order valence-corrected chi connectivity index (χ1v) is 10.5. The average molecular weight is 467 g/mol. The number of rotatable bonds is 7. The van der Waals surface area contributed by atoms with E-state index in [4.69, 9.17) is 4.74 Å².